The van der Waals surface area contributed by atoms with Gasteiger partial charge in [0.15, 0.2) is 5.78 Å². The van der Waals surface area contributed by atoms with Crippen molar-refractivity contribution >= 4 is 33.3 Å². The van der Waals surface area contributed by atoms with Crippen LogP contribution in [0.15, 0.2) is 22.7 Å². The quantitative estimate of drug-likeness (QED) is 0.672. The fraction of sp³-hybridized carbons (Fsp3) is 0.222. The van der Waals surface area contributed by atoms with Gasteiger partial charge in [0, 0.05) is 17.9 Å². The van der Waals surface area contributed by atoms with Crippen LogP contribution in [-0.4, -0.2) is 16.8 Å². The van der Waals surface area contributed by atoms with Crippen LogP contribution in [0.3, 0.4) is 0 Å². The number of carbonyl (C=O) groups is 1. The topological polar surface area (TPSA) is 37.3 Å². The monoisotopic (exact) mass is 262 g/mol. The molecule has 1 N–H and O–H groups in total. The summed E-state index contributed by atoms with van der Waals surface area (Å²) in [4.78, 5) is 11.4. The van der Waals surface area contributed by atoms with Crippen LogP contribution in [0.1, 0.15) is 16.8 Å². The molecule has 0 fully saturated rings. The molecule has 0 spiro atoms. The number of aromatic hydroxyl groups is 1. The standard InChI is InChI=1S/C9H8BrClO2/c10-9-6(7(12)4-5-11)2-1-3-8(9)13/h1-3,13H,4-5H2. The third-order valence-electron chi connectivity index (χ3n) is 1.60. The van der Waals surface area contributed by atoms with Gasteiger partial charge in [-0.2, -0.15) is 0 Å². The molecule has 0 aliphatic heterocycles. The zero-order valence-corrected chi connectivity index (χ0v) is 9.10. The van der Waals surface area contributed by atoms with Crippen molar-refractivity contribution in [2.45, 2.75) is 6.42 Å². The van der Waals surface area contributed by atoms with Crippen LogP contribution in [-0.2, 0) is 0 Å². The first kappa shape index (κ1) is 10.5. The maximum absolute atomic E-state index is 11.4. The molecule has 70 valence electrons. The Kier molecular flexibility index (Phi) is 3.75. The summed E-state index contributed by atoms with van der Waals surface area (Å²) in [7, 11) is 0. The number of phenolic OH excluding ortho intramolecular Hbond substituents is 1. The molecule has 0 unspecified atom stereocenters. The van der Waals surface area contributed by atoms with Gasteiger partial charge in [0.25, 0.3) is 0 Å². The van der Waals surface area contributed by atoms with E-state index in [0.29, 0.717) is 15.9 Å². The lowest BCUT2D eigenvalue weighted by Crippen LogP contribution is -2.00. The second-order valence-corrected chi connectivity index (χ2v) is 3.67. The van der Waals surface area contributed by atoms with Crippen molar-refractivity contribution in [1.29, 1.82) is 0 Å². The predicted molar refractivity (Wildman–Crippen MR) is 55.5 cm³/mol. The summed E-state index contributed by atoms with van der Waals surface area (Å²) in [6.07, 6.45) is 0.281. The first-order valence-electron chi connectivity index (χ1n) is 3.73. The van der Waals surface area contributed by atoms with Crippen LogP contribution in [0.5, 0.6) is 5.75 Å². The van der Waals surface area contributed by atoms with Crippen molar-refractivity contribution in [1.82, 2.24) is 0 Å². The summed E-state index contributed by atoms with van der Waals surface area (Å²) in [5, 5.41) is 9.29. The van der Waals surface area contributed by atoms with E-state index < -0.39 is 0 Å². The van der Waals surface area contributed by atoms with E-state index in [9.17, 15) is 9.90 Å². The molecular weight excluding hydrogens is 255 g/mol. The number of benzene rings is 1. The van der Waals surface area contributed by atoms with Gasteiger partial charge in [-0.25, -0.2) is 0 Å². The Bertz CT molecular complexity index is 325. The maximum atomic E-state index is 11.4. The van der Waals surface area contributed by atoms with Gasteiger partial charge in [0.05, 0.1) is 4.47 Å². The summed E-state index contributed by atoms with van der Waals surface area (Å²) in [5.41, 5.74) is 0.473. The van der Waals surface area contributed by atoms with Crippen molar-refractivity contribution in [3.05, 3.63) is 28.2 Å². The number of hydrogen-bond acceptors (Lipinski definition) is 2. The van der Waals surface area contributed by atoms with Crippen molar-refractivity contribution in [2.75, 3.05) is 5.88 Å². The molecule has 0 atom stereocenters. The highest BCUT2D eigenvalue weighted by Gasteiger charge is 2.11. The van der Waals surface area contributed by atoms with Crippen molar-refractivity contribution in [3.8, 4) is 5.75 Å². The van der Waals surface area contributed by atoms with E-state index in [-0.39, 0.29) is 18.0 Å². The minimum atomic E-state index is -0.0715. The molecule has 0 aliphatic rings. The fourth-order valence-electron chi connectivity index (χ4n) is 0.956. The molecule has 0 bridgehead atoms. The fourth-order valence-corrected chi connectivity index (χ4v) is 1.61. The first-order chi connectivity index (χ1) is 6.16. The highest BCUT2D eigenvalue weighted by atomic mass is 79.9. The third kappa shape index (κ3) is 2.45. The maximum Gasteiger partial charge on any atom is 0.165 e. The molecule has 1 aromatic carbocycles. The smallest absolute Gasteiger partial charge is 0.165 e. The van der Waals surface area contributed by atoms with Crippen LogP contribution in [0.4, 0.5) is 0 Å². The molecule has 4 heteroatoms. The Morgan fingerprint density at radius 2 is 2.23 bits per heavy atom. The number of alkyl halides is 1. The Morgan fingerprint density at radius 1 is 1.54 bits per heavy atom. The van der Waals surface area contributed by atoms with Crippen LogP contribution in [0.25, 0.3) is 0 Å². The van der Waals surface area contributed by atoms with E-state index in [1.807, 2.05) is 0 Å². The summed E-state index contributed by atoms with van der Waals surface area (Å²) in [6, 6.07) is 4.79. The van der Waals surface area contributed by atoms with E-state index in [1.165, 1.54) is 6.07 Å². The molecule has 1 rings (SSSR count). The molecular formula is C9H8BrClO2. The molecule has 0 amide bonds. The van der Waals surface area contributed by atoms with E-state index in [2.05, 4.69) is 15.9 Å². The van der Waals surface area contributed by atoms with Crippen LogP contribution < -0.4 is 0 Å². The van der Waals surface area contributed by atoms with Gasteiger partial charge in [-0.1, -0.05) is 6.07 Å². The zero-order valence-electron chi connectivity index (χ0n) is 6.76. The minimum absolute atomic E-state index is 0.0698. The molecule has 13 heavy (non-hydrogen) atoms. The summed E-state index contributed by atoms with van der Waals surface area (Å²) in [6.45, 7) is 0. The van der Waals surface area contributed by atoms with Crippen LogP contribution in [0, 0.1) is 0 Å². The van der Waals surface area contributed by atoms with E-state index in [4.69, 9.17) is 11.6 Å². The largest absolute Gasteiger partial charge is 0.507 e. The summed E-state index contributed by atoms with van der Waals surface area (Å²) >= 11 is 8.58. The SMILES string of the molecule is O=C(CCCl)c1cccc(O)c1Br. The predicted octanol–water partition coefficient (Wildman–Crippen LogP) is 2.97. The molecule has 0 aliphatic carbocycles. The van der Waals surface area contributed by atoms with E-state index >= 15 is 0 Å². The lowest BCUT2D eigenvalue weighted by Gasteiger charge is -2.03. The zero-order chi connectivity index (χ0) is 9.84. The Balaban J connectivity index is 3.01. The normalized spacial score (nSPS) is 10.0. The number of ketones is 1. The van der Waals surface area contributed by atoms with E-state index in [1.54, 1.807) is 12.1 Å². The highest BCUT2D eigenvalue weighted by molar-refractivity contribution is 9.10. The molecule has 0 saturated carbocycles. The number of halogens is 2. The van der Waals surface area contributed by atoms with Gasteiger partial charge in [-0.05, 0) is 28.1 Å². The Labute approximate surface area is 89.7 Å². The second-order valence-electron chi connectivity index (χ2n) is 2.50. The average molecular weight is 264 g/mol. The lowest BCUT2D eigenvalue weighted by molar-refractivity contribution is 0.0988. The lowest BCUT2D eigenvalue weighted by atomic mass is 10.1. The minimum Gasteiger partial charge on any atom is -0.507 e. The Hall–Kier alpha value is -0.540. The molecule has 0 heterocycles. The number of phenols is 1. The highest BCUT2D eigenvalue weighted by Crippen LogP contribution is 2.27. The van der Waals surface area contributed by atoms with Crippen LogP contribution in [0.2, 0.25) is 0 Å². The van der Waals surface area contributed by atoms with Crippen LogP contribution >= 0.6 is 27.5 Å². The van der Waals surface area contributed by atoms with Gasteiger partial charge in [-0.15, -0.1) is 11.6 Å². The van der Waals surface area contributed by atoms with Gasteiger partial charge in [0.1, 0.15) is 5.75 Å². The van der Waals surface area contributed by atoms with Gasteiger partial charge < -0.3 is 5.11 Å². The number of carbonyl (C=O) groups excluding carboxylic acids is 1. The second kappa shape index (κ2) is 4.63. The average Bonchev–Trinajstić information content (AvgIpc) is 2.10. The molecule has 1 aromatic rings. The number of rotatable bonds is 3. The summed E-state index contributed by atoms with van der Waals surface area (Å²) < 4.78 is 0.435. The van der Waals surface area contributed by atoms with Crippen molar-refractivity contribution in [2.24, 2.45) is 0 Å². The molecule has 2 nitrogen and oxygen atoms in total. The third-order valence-corrected chi connectivity index (χ3v) is 2.62. The van der Waals surface area contributed by atoms with Gasteiger partial charge in [0.2, 0.25) is 0 Å². The molecule has 0 radical (unpaired) electrons. The number of hydrogen-bond donors (Lipinski definition) is 1. The molecule has 0 aromatic heterocycles. The van der Waals surface area contributed by atoms with Crippen molar-refractivity contribution < 1.29 is 9.90 Å². The first-order valence-corrected chi connectivity index (χ1v) is 5.06. The van der Waals surface area contributed by atoms with Gasteiger partial charge in [-0.3, -0.25) is 4.79 Å². The van der Waals surface area contributed by atoms with E-state index in [0.717, 1.165) is 0 Å². The summed E-state index contributed by atoms with van der Waals surface area (Å²) in [5.74, 6) is 0.291. The Morgan fingerprint density at radius 3 is 2.85 bits per heavy atom. The number of Topliss-reactive ketones (excluding diaryl/α,β-unsaturated/α-hetero) is 1. The van der Waals surface area contributed by atoms with Crippen molar-refractivity contribution in [3.63, 3.8) is 0 Å². The molecule has 0 saturated heterocycles. The van der Waals surface area contributed by atoms with Gasteiger partial charge >= 0.3 is 0 Å².